The molecule has 0 spiro atoms. The highest BCUT2D eigenvalue weighted by Crippen LogP contribution is 2.11. The van der Waals surface area contributed by atoms with E-state index in [9.17, 15) is 19.2 Å². The molecule has 1 amide bonds. The van der Waals surface area contributed by atoms with E-state index in [4.69, 9.17) is 0 Å². The van der Waals surface area contributed by atoms with Gasteiger partial charge in [0.2, 0.25) is 5.91 Å². The van der Waals surface area contributed by atoms with Crippen LogP contribution in [0.3, 0.4) is 0 Å². The van der Waals surface area contributed by atoms with Gasteiger partial charge in [-0.15, -0.1) is 0 Å². The number of para-hydroxylation sites is 1. The third kappa shape index (κ3) is 3.57. The van der Waals surface area contributed by atoms with Crippen LogP contribution in [-0.4, -0.2) is 28.1 Å². The van der Waals surface area contributed by atoms with Gasteiger partial charge in [0.05, 0.1) is 23.6 Å². The maximum absolute atomic E-state index is 12.7. The Labute approximate surface area is 160 Å². The summed E-state index contributed by atoms with van der Waals surface area (Å²) in [6, 6.07) is 12.9. The molecule has 0 radical (unpaired) electrons. The van der Waals surface area contributed by atoms with Gasteiger partial charge in [-0.2, -0.15) is 0 Å². The lowest BCUT2D eigenvalue weighted by molar-refractivity contribution is -0.116. The molecule has 0 aliphatic carbocycles. The molecule has 144 valence electrons. The fraction of sp³-hybridized carbons (Fsp3) is 0.200. The lowest BCUT2D eigenvalue weighted by atomic mass is 10.2. The summed E-state index contributed by atoms with van der Waals surface area (Å²) in [4.78, 5) is 49.1. The molecule has 3 aromatic rings. The van der Waals surface area contributed by atoms with Crippen LogP contribution in [0.25, 0.3) is 10.9 Å². The maximum Gasteiger partial charge on any atom is 0.337 e. The highest BCUT2D eigenvalue weighted by Gasteiger charge is 2.14. The van der Waals surface area contributed by atoms with E-state index in [1.54, 1.807) is 43.3 Å². The molecular weight excluding hydrogens is 362 g/mol. The Balaban J connectivity index is 1.90. The quantitative estimate of drug-likeness (QED) is 0.677. The predicted molar refractivity (Wildman–Crippen MR) is 105 cm³/mol. The number of hydrogen-bond donors (Lipinski definition) is 1. The van der Waals surface area contributed by atoms with Crippen molar-refractivity contribution in [2.24, 2.45) is 0 Å². The second-order valence-corrected chi connectivity index (χ2v) is 6.05. The van der Waals surface area contributed by atoms with Crippen molar-refractivity contribution in [2.75, 3.05) is 12.4 Å². The zero-order valence-corrected chi connectivity index (χ0v) is 15.5. The normalized spacial score (nSPS) is 10.6. The third-order valence-electron chi connectivity index (χ3n) is 4.34. The van der Waals surface area contributed by atoms with Crippen molar-refractivity contribution in [3.8, 4) is 0 Å². The molecule has 2 aromatic carbocycles. The number of fused-ring (bicyclic) bond motifs is 1. The molecule has 1 aromatic heterocycles. The van der Waals surface area contributed by atoms with Crippen molar-refractivity contribution in [3.63, 3.8) is 0 Å². The summed E-state index contributed by atoms with van der Waals surface area (Å²) in [5.74, 6) is -0.905. The summed E-state index contributed by atoms with van der Waals surface area (Å²) in [7, 11) is 1.29. The first kappa shape index (κ1) is 19.1. The topological polar surface area (TPSA) is 99.4 Å². The van der Waals surface area contributed by atoms with Gasteiger partial charge in [-0.25, -0.2) is 9.59 Å². The molecule has 0 aliphatic heterocycles. The van der Waals surface area contributed by atoms with Crippen LogP contribution in [0.15, 0.2) is 58.1 Å². The molecule has 8 nitrogen and oxygen atoms in total. The number of ether oxygens (including phenoxy) is 1. The van der Waals surface area contributed by atoms with Crippen LogP contribution >= 0.6 is 0 Å². The lowest BCUT2D eigenvalue weighted by Gasteiger charge is -2.13. The molecule has 0 atom stereocenters. The van der Waals surface area contributed by atoms with Crippen LogP contribution in [0.5, 0.6) is 0 Å². The zero-order valence-electron chi connectivity index (χ0n) is 15.5. The summed E-state index contributed by atoms with van der Waals surface area (Å²) in [5.41, 5.74) is 0.315. The van der Waals surface area contributed by atoms with Crippen LogP contribution in [0.2, 0.25) is 0 Å². The predicted octanol–water partition coefficient (Wildman–Crippen LogP) is 1.61. The minimum Gasteiger partial charge on any atom is -0.465 e. The number of nitrogens with zero attached hydrogens (tertiary/aromatic N) is 2. The number of benzene rings is 2. The monoisotopic (exact) mass is 381 g/mol. The van der Waals surface area contributed by atoms with E-state index in [0.29, 0.717) is 22.2 Å². The van der Waals surface area contributed by atoms with Gasteiger partial charge in [0.15, 0.2) is 0 Å². The van der Waals surface area contributed by atoms with E-state index in [0.717, 1.165) is 4.57 Å². The average Bonchev–Trinajstić information content (AvgIpc) is 2.71. The largest absolute Gasteiger partial charge is 0.465 e. The Hall–Kier alpha value is -3.68. The SMILES string of the molecule is CCn1c(=O)c2ccccc2n(CC(=O)Nc2ccc(C(=O)OC)cc2)c1=O. The highest BCUT2D eigenvalue weighted by atomic mass is 16.5. The fourth-order valence-corrected chi connectivity index (χ4v) is 2.95. The number of nitrogens with one attached hydrogen (secondary N) is 1. The van der Waals surface area contributed by atoms with Crippen molar-refractivity contribution in [2.45, 2.75) is 20.0 Å². The van der Waals surface area contributed by atoms with Crippen molar-refractivity contribution < 1.29 is 14.3 Å². The molecule has 0 aliphatic rings. The van der Waals surface area contributed by atoms with Gasteiger partial charge >= 0.3 is 11.7 Å². The van der Waals surface area contributed by atoms with E-state index >= 15 is 0 Å². The lowest BCUT2D eigenvalue weighted by Crippen LogP contribution is -2.41. The number of amides is 1. The molecule has 0 saturated carbocycles. The van der Waals surface area contributed by atoms with Crippen LogP contribution in [0.1, 0.15) is 17.3 Å². The average molecular weight is 381 g/mol. The number of anilines is 1. The van der Waals surface area contributed by atoms with Gasteiger partial charge < -0.3 is 10.1 Å². The summed E-state index contributed by atoms with van der Waals surface area (Å²) < 4.78 is 7.00. The summed E-state index contributed by atoms with van der Waals surface area (Å²) in [5, 5.41) is 3.05. The number of carbonyl (C=O) groups is 2. The van der Waals surface area contributed by atoms with Gasteiger partial charge in [0.25, 0.3) is 5.56 Å². The first-order chi connectivity index (χ1) is 13.5. The highest BCUT2D eigenvalue weighted by molar-refractivity contribution is 5.93. The van der Waals surface area contributed by atoms with E-state index in [1.165, 1.54) is 23.8 Å². The number of aromatic nitrogens is 2. The summed E-state index contributed by atoms with van der Waals surface area (Å²) >= 11 is 0. The number of methoxy groups -OCH3 is 1. The molecule has 1 heterocycles. The van der Waals surface area contributed by atoms with E-state index in [2.05, 4.69) is 10.1 Å². The van der Waals surface area contributed by atoms with Crippen molar-refractivity contribution in [3.05, 3.63) is 74.9 Å². The van der Waals surface area contributed by atoms with E-state index < -0.39 is 17.6 Å². The molecule has 0 saturated heterocycles. The number of hydrogen-bond acceptors (Lipinski definition) is 5. The molecule has 0 fully saturated rings. The fourth-order valence-electron chi connectivity index (χ4n) is 2.95. The minimum absolute atomic E-state index is 0.207. The van der Waals surface area contributed by atoms with Crippen molar-refractivity contribution in [1.82, 2.24) is 9.13 Å². The first-order valence-electron chi connectivity index (χ1n) is 8.67. The molecule has 28 heavy (non-hydrogen) atoms. The molecule has 0 unspecified atom stereocenters. The Bertz CT molecular complexity index is 1160. The van der Waals surface area contributed by atoms with Crippen LogP contribution in [-0.2, 0) is 22.6 Å². The minimum atomic E-state index is -0.539. The second-order valence-electron chi connectivity index (χ2n) is 6.05. The van der Waals surface area contributed by atoms with Crippen molar-refractivity contribution >= 4 is 28.5 Å². The standard InChI is InChI=1S/C20H19N3O5/c1-3-22-18(25)15-6-4-5-7-16(15)23(20(22)27)12-17(24)21-14-10-8-13(9-11-14)19(26)28-2/h4-11H,3,12H2,1-2H3,(H,21,24). The van der Waals surface area contributed by atoms with Gasteiger partial charge in [-0.05, 0) is 43.3 Å². The van der Waals surface area contributed by atoms with Gasteiger partial charge in [-0.3, -0.25) is 18.7 Å². The van der Waals surface area contributed by atoms with Crippen LogP contribution in [0.4, 0.5) is 5.69 Å². The van der Waals surface area contributed by atoms with Crippen LogP contribution < -0.4 is 16.6 Å². The van der Waals surface area contributed by atoms with Gasteiger partial charge in [-0.1, -0.05) is 12.1 Å². The Kier molecular flexibility index (Phi) is 5.39. The van der Waals surface area contributed by atoms with Crippen molar-refractivity contribution in [1.29, 1.82) is 0 Å². The zero-order chi connectivity index (χ0) is 20.3. The number of rotatable bonds is 5. The Morgan fingerprint density at radius 3 is 2.32 bits per heavy atom. The first-order valence-corrected chi connectivity index (χ1v) is 8.67. The van der Waals surface area contributed by atoms with Gasteiger partial charge in [0.1, 0.15) is 6.54 Å². The smallest absolute Gasteiger partial charge is 0.337 e. The van der Waals surface area contributed by atoms with Crippen LogP contribution in [0, 0.1) is 0 Å². The Morgan fingerprint density at radius 1 is 1.00 bits per heavy atom. The summed E-state index contributed by atoms with van der Waals surface area (Å²) in [6.07, 6.45) is 0. The number of carbonyl (C=O) groups excluding carboxylic acids is 2. The molecular formula is C20H19N3O5. The molecule has 8 heteroatoms. The summed E-state index contributed by atoms with van der Waals surface area (Å²) in [6.45, 7) is 1.66. The van der Waals surface area contributed by atoms with Gasteiger partial charge in [0, 0.05) is 12.2 Å². The third-order valence-corrected chi connectivity index (χ3v) is 4.34. The maximum atomic E-state index is 12.7. The van der Waals surface area contributed by atoms with E-state index in [1.807, 2.05) is 0 Å². The molecule has 3 rings (SSSR count). The second kappa shape index (κ2) is 7.91. The molecule has 1 N–H and O–H groups in total. The van der Waals surface area contributed by atoms with E-state index in [-0.39, 0.29) is 18.6 Å². The number of esters is 1. The molecule has 0 bridgehead atoms. The Morgan fingerprint density at radius 2 is 1.68 bits per heavy atom.